The second-order valence-electron chi connectivity index (χ2n) is 5.22. The van der Waals surface area contributed by atoms with E-state index in [1.54, 1.807) is 0 Å². The van der Waals surface area contributed by atoms with E-state index in [0.717, 1.165) is 25.2 Å². The van der Waals surface area contributed by atoms with Crippen LogP contribution < -0.4 is 5.32 Å². The summed E-state index contributed by atoms with van der Waals surface area (Å²) in [6, 6.07) is 10.9. The Morgan fingerprint density at radius 1 is 1.37 bits per heavy atom. The van der Waals surface area contributed by atoms with Crippen LogP contribution in [0.2, 0.25) is 0 Å². The van der Waals surface area contributed by atoms with E-state index in [2.05, 4.69) is 34.6 Å². The number of pyridine rings is 1. The van der Waals surface area contributed by atoms with Gasteiger partial charge < -0.3 is 10.1 Å². The summed E-state index contributed by atoms with van der Waals surface area (Å²) in [5, 5.41) is 4.71. The van der Waals surface area contributed by atoms with Crippen molar-refractivity contribution in [1.29, 1.82) is 0 Å². The SMILES string of the molecule is CNC(CC1CCOC1)c1cccc2ncccc12. The van der Waals surface area contributed by atoms with Gasteiger partial charge in [-0.05, 0) is 43.5 Å². The maximum atomic E-state index is 5.49. The highest BCUT2D eigenvalue weighted by molar-refractivity contribution is 5.82. The highest BCUT2D eigenvalue weighted by Gasteiger charge is 2.22. The number of nitrogens with one attached hydrogen (secondary N) is 1. The number of hydrogen-bond donors (Lipinski definition) is 1. The van der Waals surface area contributed by atoms with Crippen molar-refractivity contribution in [3.63, 3.8) is 0 Å². The predicted octanol–water partition coefficient (Wildman–Crippen LogP) is 2.92. The highest BCUT2D eigenvalue weighted by Crippen LogP contribution is 2.30. The van der Waals surface area contributed by atoms with E-state index in [1.807, 2.05) is 19.3 Å². The van der Waals surface area contributed by atoms with Crippen LogP contribution in [0.3, 0.4) is 0 Å². The zero-order chi connectivity index (χ0) is 13.1. The van der Waals surface area contributed by atoms with Gasteiger partial charge in [0.2, 0.25) is 0 Å². The van der Waals surface area contributed by atoms with E-state index >= 15 is 0 Å². The first-order valence-electron chi connectivity index (χ1n) is 6.97. The molecule has 2 atom stereocenters. The number of aromatic nitrogens is 1. The number of rotatable bonds is 4. The van der Waals surface area contributed by atoms with Crippen LogP contribution in [0, 0.1) is 5.92 Å². The minimum Gasteiger partial charge on any atom is -0.381 e. The van der Waals surface area contributed by atoms with Gasteiger partial charge in [0.1, 0.15) is 0 Å². The number of hydrogen-bond acceptors (Lipinski definition) is 3. The molecule has 1 fully saturated rings. The number of benzene rings is 1. The van der Waals surface area contributed by atoms with E-state index in [0.29, 0.717) is 12.0 Å². The molecule has 1 aliphatic rings. The van der Waals surface area contributed by atoms with Crippen LogP contribution in [0.25, 0.3) is 10.9 Å². The van der Waals surface area contributed by atoms with Gasteiger partial charge in [0.25, 0.3) is 0 Å². The number of fused-ring (bicyclic) bond motifs is 1. The molecule has 3 nitrogen and oxygen atoms in total. The predicted molar refractivity (Wildman–Crippen MR) is 77.1 cm³/mol. The zero-order valence-corrected chi connectivity index (χ0v) is 11.3. The molecule has 3 heteroatoms. The van der Waals surface area contributed by atoms with Crippen LogP contribution in [0.15, 0.2) is 36.5 Å². The van der Waals surface area contributed by atoms with Crippen molar-refractivity contribution in [3.8, 4) is 0 Å². The van der Waals surface area contributed by atoms with Crippen LogP contribution in [-0.2, 0) is 4.74 Å². The normalized spacial score (nSPS) is 20.8. The quantitative estimate of drug-likeness (QED) is 0.913. The van der Waals surface area contributed by atoms with E-state index < -0.39 is 0 Å². The molecular formula is C16H20N2O. The average Bonchev–Trinajstić information content (AvgIpc) is 2.97. The summed E-state index contributed by atoms with van der Waals surface area (Å²) in [6.07, 6.45) is 4.16. The number of nitrogens with zero attached hydrogens (tertiary/aromatic N) is 1. The summed E-state index contributed by atoms with van der Waals surface area (Å²) in [4.78, 5) is 4.44. The van der Waals surface area contributed by atoms with Gasteiger partial charge in [-0.1, -0.05) is 18.2 Å². The summed E-state index contributed by atoms with van der Waals surface area (Å²) in [5.41, 5.74) is 2.42. The van der Waals surface area contributed by atoms with Crippen LogP contribution in [0.5, 0.6) is 0 Å². The molecule has 2 unspecified atom stereocenters. The van der Waals surface area contributed by atoms with E-state index in [-0.39, 0.29) is 0 Å². The van der Waals surface area contributed by atoms with Crippen molar-refractivity contribution in [3.05, 3.63) is 42.1 Å². The average molecular weight is 256 g/mol. The molecular weight excluding hydrogens is 236 g/mol. The van der Waals surface area contributed by atoms with E-state index in [1.165, 1.54) is 17.4 Å². The highest BCUT2D eigenvalue weighted by atomic mass is 16.5. The Balaban J connectivity index is 1.91. The molecule has 0 spiro atoms. The first-order valence-corrected chi connectivity index (χ1v) is 6.97. The summed E-state index contributed by atoms with van der Waals surface area (Å²) < 4.78 is 5.49. The smallest absolute Gasteiger partial charge is 0.0705 e. The van der Waals surface area contributed by atoms with Crippen molar-refractivity contribution >= 4 is 10.9 Å². The molecule has 2 heterocycles. The van der Waals surface area contributed by atoms with Crippen LogP contribution in [0.4, 0.5) is 0 Å². The molecule has 0 amide bonds. The lowest BCUT2D eigenvalue weighted by Crippen LogP contribution is -2.20. The van der Waals surface area contributed by atoms with Crippen molar-refractivity contribution in [2.45, 2.75) is 18.9 Å². The van der Waals surface area contributed by atoms with Crippen molar-refractivity contribution < 1.29 is 4.74 Å². The Morgan fingerprint density at radius 2 is 2.32 bits per heavy atom. The molecule has 1 aromatic carbocycles. The third-order valence-corrected chi connectivity index (χ3v) is 4.00. The van der Waals surface area contributed by atoms with Crippen LogP contribution >= 0.6 is 0 Å². The van der Waals surface area contributed by atoms with E-state index in [4.69, 9.17) is 4.74 Å². The molecule has 0 aliphatic carbocycles. The third kappa shape index (κ3) is 2.62. The van der Waals surface area contributed by atoms with Crippen molar-refractivity contribution in [1.82, 2.24) is 10.3 Å². The molecule has 1 aliphatic heterocycles. The maximum Gasteiger partial charge on any atom is 0.0705 e. The second kappa shape index (κ2) is 5.68. The molecule has 0 saturated carbocycles. The number of ether oxygens (including phenoxy) is 1. The Kier molecular flexibility index (Phi) is 3.76. The van der Waals surface area contributed by atoms with Gasteiger partial charge in [-0.2, -0.15) is 0 Å². The minimum absolute atomic E-state index is 0.375. The first-order chi connectivity index (χ1) is 9.38. The molecule has 2 aromatic rings. The maximum absolute atomic E-state index is 5.49. The molecule has 0 radical (unpaired) electrons. The second-order valence-corrected chi connectivity index (χ2v) is 5.22. The van der Waals surface area contributed by atoms with E-state index in [9.17, 15) is 0 Å². The molecule has 19 heavy (non-hydrogen) atoms. The fourth-order valence-corrected chi connectivity index (χ4v) is 2.93. The summed E-state index contributed by atoms with van der Waals surface area (Å²) in [5.74, 6) is 0.671. The lowest BCUT2D eigenvalue weighted by Gasteiger charge is -2.21. The van der Waals surface area contributed by atoms with Gasteiger partial charge in [-0.25, -0.2) is 0 Å². The topological polar surface area (TPSA) is 34.1 Å². The fraction of sp³-hybridized carbons (Fsp3) is 0.438. The minimum atomic E-state index is 0.375. The molecule has 100 valence electrons. The van der Waals surface area contributed by atoms with Gasteiger partial charge in [-0.15, -0.1) is 0 Å². The standard InChI is InChI=1S/C16H20N2O/c1-17-16(10-12-7-9-19-11-12)14-4-2-6-15-13(14)5-3-8-18-15/h2-6,8,12,16-17H,7,9-11H2,1H3. The van der Waals surface area contributed by atoms with Crippen LogP contribution in [0.1, 0.15) is 24.4 Å². The Bertz CT molecular complexity index is 544. The molecule has 1 N–H and O–H groups in total. The largest absolute Gasteiger partial charge is 0.381 e. The summed E-state index contributed by atoms with van der Waals surface area (Å²) in [6.45, 7) is 1.82. The molecule has 3 rings (SSSR count). The Hall–Kier alpha value is -1.45. The molecule has 1 aromatic heterocycles. The fourth-order valence-electron chi connectivity index (χ4n) is 2.93. The van der Waals surface area contributed by atoms with Crippen molar-refractivity contribution in [2.24, 2.45) is 5.92 Å². The molecule has 0 bridgehead atoms. The molecule has 1 saturated heterocycles. The van der Waals surface area contributed by atoms with Gasteiger partial charge in [0, 0.05) is 30.8 Å². The Labute approximate surface area is 114 Å². The lowest BCUT2D eigenvalue weighted by molar-refractivity contribution is 0.182. The van der Waals surface area contributed by atoms with Gasteiger partial charge in [0.15, 0.2) is 0 Å². The van der Waals surface area contributed by atoms with Gasteiger partial charge in [0.05, 0.1) is 5.52 Å². The first kappa shape index (κ1) is 12.6. The summed E-state index contributed by atoms with van der Waals surface area (Å²) in [7, 11) is 2.04. The van der Waals surface area contributed by atoms with Gasteiger partial charge in [-0.3, -0.25) is 4.98 Å². The third-order valence-electron chi connectivity index (χ3n) is 4.00. The van der Waals surface area contributed by atoms with Crippen LogP contribution in [-0.4, -0.2) is 25.2 Å². The lowest BCUT2D eigenvalue weighted by atomic mass is 9.92. The van der Waals surface area contributed by atoms with Gasteiger partial charge >= 0.3 is 0 Å². The zero-order valence-electron chi connectivity index (χ0n) is 11.3. The summed E-state index contributed by atoms with van der Waals surface area (Å²) >= 11 is 0. The Morgan fingerprint density at radius 3 is 3.11 bits per heavy atom. The monoisotopic (exact) mass is 256 g/mol. The van der Waals surface area contributed by atoms with Crippen molar-refractivity contribution in [2.75, 3.05) is 20.3 Å².